The second-order valence-electron chi connectivity index (χ2n) is 4.84. The predicted molar refractivity (Wildman–Crippen MR) is 88.5 cm³/mol. The molecule has 0 aliphatic carbocycles. The highest BCUT2D eigenvalue weighted by atomic mass is 32.1. The second kappa shape index (κ2) is 6.06. The monoisotopic (exact) mass is 282 g/mol. The van der Waals surface area contributed by atoms with E-state index in [4.69, 9.17) is 0 Å². The van der Waals surface area contributed by atoms with Gasteiger partial charge in [0, 0.05) is 17.8 Å². The first kappa shape index (κ1) is 13.1. The van der Waals surface area contributed by atoms with E-state index in [0.29, 0.717) is 0 Å². The number of thiazole rings is 1. The first-order valence-corrected chi connectivity index (χ1v) is 7.88. The van der Waals surface area contributed by atoms with Crippen molar-refractivity contribution in [3.63, 3.8) is 0 Å². The van der Waals surface area contributed by atoms with E-state index in [-0.39, 0.29) is 0 Å². The lowest BCUT2D eigenvalue weighted by molar-refractivity contribution is 0.834. The first-order valence-electron chi connectivity index (χ1n) is 7.06. The topological polar surface area (TPSA) is 24.9 Å². The number of aromatic nitrogens is 1. The van der Waals surface area contributed by atoms with Gasteiger partial charge in [0.05, 0.1) is 10.2 Å². The third-order valence-electron chi connectivity index (χ3n) is 3.29. The van der Waals surface area contributed by atoms with E-state index in [1.54, 1.807) is 11.3 Å². The zero-order valence-corrected chi connectivity index (χ0v) is 12.4. The van der Waals surface area contributed by atoms with Gasteiger partial charge in [0.25, 0.3) is 0 Å². The molecule has 3 heteroatoms. The summed E-state index contributed by atoms with van der Waals surface area (Å²) in [6.07, 6.45) is 2.43. The van der Waals surface area contributed by atoms with Crippen LogP contribution >= 0.6 is 11.3 Å². The summed E-state index contributed by atoms with van der Waals surface area (Å²) in [5.74, 6) is 0. The van der Waals surface area contributed by atoms with Gasteiger partial charge < -0.3 is 5.32 Å². The SMILES string of the molecule is CCCCNc1ccc(-c2nc3ccccc3s2)cc1. The minimum Gasteiger partial charge on any atom is -0.385 e. The van der Waals surface area contributed by atoms with Crippen molar-refractivity contribution in [1.29, 1.82) is 0 Å². The standard InChI is InChI=1S/C17H18N2S/c1-2-3-12-18-14-10-8-13(9-11-14)17-19-15-6-4-5-7-16(15)20-17/h4-11,18H,2-3,12H2,1H3. The quantitative estimate of drug-likeness (QED) is 0.653. The van der Waals surface area contributed by atoms with E-state index in [1.165, 1.54) is 28.8 Å². The molecular formula is C17H18N2S. The number of rotatable bonds is 5. The number of anilines is 1. The van der Waals surface area contributed by atoms with Gasteiger partial charge >= 0.3 is 0 Å². The van der Waals surface area contributed by atoms with E-state index in [1.807, 2.05) is 6.07 Å². The third kappa shape index (κ3) is 2.83. The maximum Gasteiger partial charge on any atom is 0.124 e. The van der Waals surface area contributed by atoms with Crippen LogP contribution in [0.5, 0.6) is 0 Å². The summed E-state index contributed by atoms with van der Waals surface area (Å²) in [5, 5.41) is 4.52. The van der Waals surface area contributed by atoms with Crippen molar-refractivity contribution < 1.29 is 0 Å². The Balaban J connectivity index is 1.79. The van der Waals surface area contributed by atoms with E-state index < -0.39 is 0 Å². The van der Waals surface area contributed by atoms with Gasteiger partial charge in [-0.05, 0) is 42.8 Å². The average molecular weight is 282 g/mol. The zero-order valence-electron chi connectivity index (χ0n) is 11.6. The molecule has 0 aliphatic rings. The maximum atomic E-state index is 4.69. The van der Waals surface area contributed by atoms with Crippen LogP contribution in [-0.2, 0) is 0 Å². The molecule has 2 nitrogen and oxygen atoms in total. The molecule has 0 saturated heterocycles. The molecule has 1 N–H and O–H groups in total. The van der Waals surface area contributed by atoms with Crippen LogP contribution in [0.1, 0.15) is 19.8 Å². The van der Waals surface area contributed by atoms with Crippen molar-refractivity contribution in [3.05, 3.63) is 48.5 Å². The summed E-state index contributed by atoms with van der Waals surface area (Å²) in [5.41, 5.74) is 3.45. The zero-order chi connectivity index (χ0) is 13.8. The summed E-state index contributed by atoms with van der Waals surface area (Å²) in [7, 11) is 0. The minimum atomic E-state index is 1.04. The summed E-state index contributed by atoms with van der Waals surface area (Å²) < 4.78 is 1.24. The van der Waals surface area contributed by atoms with Gasteiger partial charge in [-0.3, -0.25) is 0 Å². The van der Waals surface area contributed by atoms with Gasteiger partial charge in [0.2, 0.25) is 0 Å². The number of benzene rings is 2. The first-order chi connectivity index (χ1) is 9.86. The van der Waals surface area contributed by atoms with E-state index in [2.05, 4.69) is 59.7 Å². The Labute approximate surface area is 123 Å². The summed E-state index contributed by atoms with van der Waals surface area (Å²) in [6.45, 7) is 3.24. The molecule has 0 aliphatic heterocycles. The number of hydrogen-bond acceptors (Lipinski definition) is 3. The smallest absolute Gasteiger partial charge is 0.124 e. The Bertz CT molecular complexity index is 653. The Morgan fingerprint density at radius 2 is 1.85 bits per heavy atom. The van der Waals surface area contributed by atoms with Crippen molar-refractivity contribution >= 4 is 27.2 Å². The van der Waals surface area contributed by atoms with Gasteiger partial charge in [-0.1, -0.05) is 25.5 Å². The molecule has 0 unspecified atom stereocenters. The molecule has 1 heterocycles. The maximum absolute atomic E-state index is 4.69. The summed E-state index contributed by atoms with van der Waals surface area (Å²) in [4.78, 5) is 4.69. The molecule has 2 aromatic carbocycles. The lowest BCUT2D eigenvalue weighted by Crippen LogP contribution is -2.00. The Kier molecular flexibility index (Phi) is 3.97. The molecule has 0 radical (unpaired) electrons. The molecular weight excluding hydrogens is 264 g/mol. The molecule has 102 valence electrons. The fourth-order valence-corrected chi connectivity index (χ4v) is 3.11. The Hall–Kier alpha value is -1.87. The van der Waals surface area contributed by atoms with Crippen LogP contribution in [-0.4, -0.2) is 11.5 Å². The van der Waals surface area contributed by atoms with Gasteiger partial charge in [-0.2, -0.15) is 0 Å². The number of para-hydroxylation sites is 1. The van der Waals surface area contributed by atoms with Crippen molar-refractivity contribution in [1.82, 2.24) is 4.98 Å². The van der Waals surface area contributed by atoms with Crippen LogP contribution in [0, 0.1) is 0 Å². The minimum absolute atomic E-state index is 1.04. The molecule has 20 heavy (non-hydrogen) atoms. The molecule has 0 saturated carbocycles. The van der Waals surface area contributed by atoms with Crippen molar-refractivity contribution in [2.24, 2.45) is 0 Å². The van der Waals surface area contributed by atoms with Crippen LogP contribution < -0.4 is 5.32 Å². The molecule has 0 amide bonds. The van der Waals surface area contributed by atoms with Gasteiger partial charge in [0.15, 0.2) is 0 Å². The van der Waals surface area contributed by atoms with Gasteiger partial charge in [-0.15, -0.1) is 11.3 Å². The van der Waals surface area contributed by atoms with Crippen molar-refractivity contribution in [3.8, 4) is 10.6 Å². The van der Waals surface area contributed by atoms with Crippen LogP contribution in [0.2, 0.25) is 0 Å². The highest BCUT2D eigenvalue weighted by Crippen LogP contribution is 2.30. The van der Waals surface area contributed by atoms with Crippen LogP contribution in [0.25, 0.3) is 20.8 Å². The average Bonchev–Trinajstić information content (AvgIpc) is 2.92. The molecule has 0 spiro atoms. The summed E-state index contributed by atoms with van der Waals surface area (Å²) >= 11 is 1.75. The van der Waals surface area contributed by atoms with E-state index in [0.717, 1.165) is 17.1 Å². The number of nitrogens with zero attached hydrogens (tertiary/aromatic N) is 1. The van der Waals surface area contributed by atoms with E-state index >= 15 is 0 Å². The predicted octanol–water partition coefficient (Wildman–Crippen LogP) is 5.18. The normalized spacial score (nSPS) is 10.8. The highest BCUT2D eigenvalue weighted by molar-refractivity contribution is 7.21. The molecule has 0 atom stereocenters. The van der Waals surface area contributed by atoms with Crippen LogP contribution in [0.4, 0.5) is 5.69 Å². The van der Waals surface area contributed by atoms with Crippen LogP contribution in [0.3, 0.4) is 0 Å². The highest BCUT2D eigenvalue weighted by Gasteiger charge is 2.05. The lowest BCUT2D eigenvalue weighted by atomic mass is 10.2. The van der Waals surface area contributed by atoms with Gasteiger partial charge in [-0.25, -0.2) is 4.98 Å². The number of hydrogen-bond donors (Lipinski definition) is 1. The molecule has 3 aromatic rings. The second-order valence-corrected chi connectivity index (χ2v) is 5.88. The molecule has 1 aromatic heterocycles. The Morgan fingerprint density at radius 1 is 1.05 bits per heavy atom. The summed E-state index contributed by atoms with van der Waals surface area (Å²) in [6, 6.07) is 16.8. The molecule has 0 bridgehead atoms. The van der Waals surface area contributed by atoms with E-state index in [9.17, 15) is 0 Å². The number of nitrogens with one attached hydrogen (secondary N) is 1. The van der Waals surface area contributed by atoms with Gasteiger partial charge in [0.1, 0.15) is 5.01 Å². The molecule has 0 fully saturated rings. The fraction of sp³-hybridized carbons (Fsp3) is 0.235. The number of unbranched alkanes of at least 4 members (excludes halogenated alkanes) is 1. The fourth-order valence-electron chi connectivity index (χ4n) is 2.14. The number of fused-ring (bicyclic) bond motifs is 1. The van der Waals surface area contributed by atoms with Crippen molar-refractivity contribution in [2.45, 2.75) is 19.8 Å². The third-order valence-corrected chi connectivity index (χ3v) is 4.37. The van der Waals surface area contributed by atoms with Crippen LogP contribution in [0.15, 0.2) is 48.5 Å². The lowest BCUT2D eigenvalue weighted by Gasteiger charge is -2.05. The Morgan fingerprint density at radius 3 is 2.60 bits per heavy atom. The molecule has 3 rings (SSSR count). The van der Waals surface area contributed by atoms with Crippen molar-refractivity contribution in [2.75, 3.05) is 11.9 Å². The largest absolute Gasteiger partial charge is 0.385 e.